The van der Waals surface area contributed by atoms with Crippen molar-refractivity contribution in [3.63, 3.8) is 0 Å². The first-order chi connectivity index (χ1) is 6.91. The number of unbranched alkanes of at least 4 members (excludes halogenated alkanes) is 9. The smallest absolute Gasteiger partial charge is 1.00 e. The maximum absolute atomic E-state index is 4.09. The van der Waals surface area contributed by atoms with E-state index in [1.807, 2.05) is 6.56 Å². The molecule has 87 valence electrons. The topological polar surface area (TPSA) is 0 Å². The minimum absolute atomic E-state index is 0. The minimum atomic E-state index is 0. The summed E-state index contributed by atoms with van der Waals surface area (Å²) in [4.78, 5) is 0. The van der Waals surface area contributed by atoms with Crippen LogP contribution in [0.1, 0.15) is 74.0 Å². The van der Waals surface area contributed by atoms with Crippen molar-refractivity contribution in [3.05, 3.63) is 0 Å². The number of thiol groups is 1. The quantitative estimate of drug-likeness (QED) is 0.285. The van der Waals surface area contributed by atoms with Gasteiger partial charge in [-0.15, -0.1) is 0 Å². The molecule has 0 aliphatic rings. The Labute approximate surface area is 198 Å². The van der Waals surface area contributed by atoms with E-state index in [4.69, 9.17) is 0 Å². The molecule has 0 aliphatic carbocycles. The van der Waals surface area contributed by atoms with Crippen LogP contribution in [0.5, 0.6) is 0 Å². The van der Waals surface area contributed by atoms with Crippen molar-refractivity contribution >= 4 is 19.0 Å². The van der Waals surface area contributed by atoms with Crippen molar-refractivity contribution in [1.82, 2.24) is 0 Å². The van der Waals surface area contributed by atoms with E-state index in [-0.39, 0.29) is 106 Å². The maximum atomic E-state index is 4.09. The molecule has 4 heteroatoms. The molecule has 0 aromatic carbocycles. The van der Waals surface area contributed by atoms with Crippen LogP contribution >= 0.6 is 12.5 Å². The molecule has 0 heterocycles. The second-order valence-electron chi connectivity index (χ2n) is 4.15. The molecule has 0 N–H and O–H groups in total. The van der Waals surface area contributed by atoms with Crippen LogP contribution in [0.25, 0.3) is 0 Å². The Bertz CT molecular complexity index is 102. The van der Waals surface area contributed by atoms with Gasteiger partial charge >= 0.3 is 103 Å². The fourth-order valence-electron chi connectivity index (χ4n) is 1.72. The fourth-order valence-corrected chi connectivity index (χ4v) is 1.91. The zero-order valence-corrected chi connectivity index (χ0v) is 18.9. The Hall–Kier alpha value is 3.69. The van der Waals surface area contributed by atoms with Crippen LogP contribution in [-0.2, 0) is 0 Å². The molecular weight excluding hydrogens is 265 g/mol. The first-order valence-corrected chi connectivity index (χ1v) is 6.89. The van der Waals surface area contributed by atoms with Crippen LogP contribution in [0.15, 0.2) is 0 Å². The summed E-state index contributed by atoms with van der Waals surface area (Å²) in [6, 6.07) is 0. The molecule has 0 saturated carbocycles. The van der Waals surface area contributed by atoms with Crippen LogP contribution in [-0.4, -0.2) is 6.56 Å². The van der Waals surface area contributed by atoms with E-state index in [0.717, 1.165) is 0 Å². The van der Waals surface area contributed by atoms with Crippen LogP contribution in [0, 0.1) is 0 Å². The summed E-state index contributed by atoms with van der Waals surface area (Å²) in [5.41, 5.74) is 0. The van der Waals surface area contributed by atoms with Crippen molar-refractivity contribution in [3.8, 4) is 0 Å². The van der Waals surface area contributed by atoms with E-state index in [1.165, 1.54) is 70.5 Å². The predicted molar refractivity (Wildman–Crippen MR) is 73.6 cm³/mol. The molecule has 16 heavy (non-hydrogen) atoms. The van der Waals surface area contributed by atoms with Gasteiger partial charge in [-0.2, -0.15) is 0 Å². The first kappa shape index (κ1) is 24.7. The summed E-state index contributed by atoms with van der Waals surface area (Å²) in [7, 11) is 0. The molecule has 0 nitrogen and oxygen atoms in total. The molecule has 0 aliphatic heterocycles. The molecule has 0 bridgehead atoms. The average molecular weight is 293 g/mol. The van der Waals surface area contributed by atoms with Gasteiger partial charge < -0.3 is 2.85 Å². The van der Waals surface area contributed by atoms with Crippen LogP contribution in [0.3, 0.4) is 0 Å². The van der Waals surface area contributed by atoms with E-state index in [0.29, 0.717) is 0 Å². The van der Waals surface area contributed by atoms with E-state index in [2.05, 4.69) is 19.4 Å². The van der Waals surface area contributed by atoms with Crippen molar-refractivity contribution in [2.75, 3.05) is 0 Å². The maximum Gasteiger partial charge on any atom is 1.00 e. The summed E-state index contributed by atoms with van der Waals surface area (Å²) in [5, 5.41) is 0. The van der Waals surface area contributed by atoms with E-state index in [1.54, 1.807) is 0 Å². The molecule has 0 spiro atoms. The molecule has 0 fully saturated rings. The molecule has 0 amide bonds. The molecule has 0 saturated heterocycles. The van der Waals surface area contributed by atoms with Gasteiger partial charge in [0.1, 0.15) is 0 Å². The minimum Gasteiger partial charge on any atom is -1.00 e. The largest absolute Gasteiger partial charge is 1.00 e. The molecule has 1 radical (unpaired) electrons. The van der Waals surface area contributed by atoms with Gasteiger partial charge in [0.05, 0.1) is 0 Å². The predicted octanol–water partition coefficient (Wildman–Crippen LogP) is -0.892. The van der Waals surface area contributed by atoms with Crippen LogP contribution in [0.4, 0.5) is 0 Å². The monoisotopic (exact) mass is 293 g/mol. The van der Waals surface area contributed by atoms with Crippen molar-refractivity contribution in [1.29, 1.82) is 0 Å². The molecule has 0 aromatic heterocycles. The first-order valence-electron chi connectivity index (χ1n) is 6.37. The molecule has 0 aromatic rings. The summed E-state index contributed by atoms with van der Waals surface area (Å²) in [5.74, 6) is 0. The zero-order chi connectivity index (χ0) is 10.5. The third-order valence-corrected chi connectivity index (χ3v) is 2.94. The van der Waals surface area contributed by atoms with Crippen molar-refractivity contribution in [2.45, 2.75) is 77.5 Å². The average Bonchev–Trinajstić information content (AvgIpc) is 2.21. The standard InChI is InChI=1S/C12H26BS.2K.2H/c1-2-3-4-5-6-7-8-9-10-11-12-13-14;;;;/h14H,2-12H2,1H3;;;;/q;2*+1;2*-1. The molecule has 0 atom stereocenters. The van der Waals surface area contributed by atoms with E-state index < -0.39 is 0 Å². The van der Waals surface area contributed by atoms with Gasteiger partial charge in [0.25, 0.3) is 0 Å². The van der Waals surface area contributed by atoms with Gasteiger partial charge in [0.2, 0.25) is 0 Å². The third kappa shape index (κ3) is 22.8. The summed E-state index contributed by atoms with van der Waals surface area (Å²) in [6.45, 7) is 4.25. The van der Waals surface area contributed by atoms with E-state index in [9.17, 15) is 0 Å². The Balaban J connectivity index is -0.000000141. The second kappa shape index (κ2) is 23.8. The van der Waals surface area contributed by atoms with Crippen molar-refractivity contribution in [2.24, 2.45) is 0 Å². The number of hydrogen-bond acceptors (Lipinski definition) is 1. The van der Waals surface area contributed by atoms with Gasteiger partial charge in [0, 0.05) is 0 Å². The summed E-state index contributed by atoms with van der Waals surface area (Å²) >= 11 is 4.09. The molecule has 0 rings (SSSR count). The van der Waals surface area contributed by atoms with Crippen molar-refractivity contribution < 1.29 is 106 Å². The SMILES string of the molecule is CCCCCCCCCCCC[B]S.[H-].[H-].[K+].[K+]. The van der Waals surface area contributed by atoms with Gasteiger partial charge in [-0.1, -0.05) is 77.5 Å². The van der Waals surface area contributed by atoms with Gasteiger partial charge in [-0.3, -0.25) is 0 Å². The van der Waals surface area contributed by atoms with Gasteiger partial charge in [0.15, 0.2) is 6.56 Å². The van der Waals surface area contributed by atoms with Crippen LogP contribution < -0.4 is 103 Å². The fraction of sp³-hybridized carbons (Fsp3) is 1.00. The molecule has 0 unspecified atom stereocenters. The Kier molecular flexibility index (Phi) is 36.7. The Morgan fingerprint density at radius 2 is 1.12 bits per heavy atom. The number of hydrogen-bond donors (Lipinski definition) is 1. The number of rotatable bonds is 11. The van der Waals surface area contributed by atoms with Crippen LogP contribution in [0.2, 0.25) is 6.32 Å². The molecular formula is C12H28BK2S. The van der Waals surface area contributed by atoms with Gasteiger partial charge in [-0.05, 0) is 0 Å². The second-order valence-corrected chi connectivity index (χ2v) is 4.52. The Morgan fingerprint density at radius 3 is 1.50 bits per heavy atom. The Morgan fingerprint density at radius 1 is 0.750 bits per heavy atom. The normalized spacial score (nSPS) is 9.12. The van der Waals surface area contributed by atoms with E-state index >= 15 is 0 Å². The summed E-state index contributed by atoms with van der Waals surface area (Å²) in [6.07, 6.45) is 15.4. The third-order valence-electron chi connectivity index (χ3n) is 2.69. The van der Waals surface area contributed by atoms with Gasteiger partial charge in [-0.25, -0.2) is 12.5 Å². The summed E-state index contributed by atoms with van der Waals surface area (Å²) < 4.78 is 0. The zero-order valence-electron chi connectivity index (χ0n) is 13.8.